The highest BCUT2D eigenvalue weighted by Gasteiger charge is 2.15. The van der Waals surface area contributed by atoms with Gasteiger partial charge in [0, 0.05) is 11.6 Å². The second-order valence-electron chi connectivity index (χ2n) is 7.51. The number of para-hydroxylation sites is 1. The summed E-state index contributed by atoms with van der Waals surface area (Å²) in [6.45, 7) is 0.401. The second kappa shape index (κ2) is 9.84. The molecule has 0 atom stereocenters. The Morgan fingerprint density at radius 2 is 1.86 bits per heavy atom. The first kappa shape index (κ1) is 21.8. The number of rotatable bonds is 7. The number of ether oxygens (including phenoxy) is 1. The van der Waals surface area contributed by atoms with Gasteiger partial charge in [0.25, 0.3) is 5.91 Å². The quantitative estimate of drug-likeness (QED) is 0.367. The van der Waals surface area contributed by atoms with Crippen molar-refractivity contribution in [1.82, 2.24) is 20.6 Å². The Bertz CT molecular complexity index is 1540. The van der Waals surface area contributed by atoms with Crippen LogP contribution < -0.4 is 15.5 Å². The average Bonchev–Trinajstić information content (AvgIpc) is 3.43. The highest BCUT2D eigenvalue weighted by Crippen LogP contribution is 2.26. The van der Waals surface area contributed by atoms with Gasteiger partial charge in [0.05, 0.1) is 11.1 Å². The molecule has 0 aliphatic heterocycles. The van der Waals surface area contributed by atoms with Gasteiger partial charge >= 0.3 is 0 Å². The zero-order valence-electron chi connectivity index (χ0n) is 18.3. The van der Waals surface area contributed by atoms with Crippen molar-refractivity contribution in [1.29, 1.82) is 0 Å². The molecule has 35 heavy (non-hydrogen) atoms. The van der Waals surface area contributed by atoms with Crippen molar-refractivity contribution in [3.63, 3.8) is 0 Å². The van der Waals surface area contributed by atoms with Gasteiger partial charge in [0.2, 0.25) is 5.82 Å². The van der Waals surface area contributed by atoms with Gasteiger partial charge in [-0.15, -0.1) is 5.10 Å². The molecule has 5 aromatic rings. The first-order valence-corrected chi connectivity index (χ1v) is 10.7. The fraction of sp³-hybridized carbons (Fsp3) is 0.0385. The lowest BCUT2D eigenvalue weighted by atomic mass is 10.1. The summed E-state index contributed by atoms with van der Waals surface area (Å²) >= 11 is 0. The minimum Gasteiger partial charge on any atom is -0.490 e. The van der Waals surface area contributed by atoms with E-state index in [9.17, 15) is 9.59 Å². The van der Waals surface area contributed by atoms with Crippen LogP contribution in [0.5, 0.6) is 5.75 Å². The van der Waals surface area contributed by atoms with E-state index in [1.54, 1.807) is 42.5 Å². The van der Waals surface area contributed by atoms with Crippen LogP contribution in [0.4, 0.5) is 5.69 Å². The van der Waals surface area contributed by atoms with Crippen molar-refractivity contribution in [3.05, 3.63) is 106 Å². The van der Waals surface area contributed by atoms with E-state index in [0.717, 1.165) is 5.56 Å². The molecule has 0 spiro atoms. The van der Waals surface area contributed by atoms with Crippen molar-refractivity contribution in [3.8, 4) is 17.3 Å². The van der Waals surface area contributed by atoms with Crippen LogP contribution in [-0.2, 0) is 0 Å². The second-order valence-corrected chi connectivity index (χ2v) is 7.51. The van der Waals surface area contributed by atoms with Crippen molar-refractivity contribution in [2.45, 2.75) is 0 Å². The van der Waals surface area contributed by atoms with Gasteiger partial charge in [-0.3, -0.25) is 9.59 Å². The molecule has 0 saturated heterocycles. The number of hydrogen-bond acceptors (Lipinski definition) is 7. The molecule has 0 aliphatic carbocycles. The molecule has 0 unspecified atom stereocenters. The minimum absolute atomic E-state index is 0.164. The van der Waals surface area contributed by atoms with Crippen LogP contribution in [0.15, 0.2) is 94.2 Å². The molecule has 5 rings (SSSR count). The normalized spacial score (nSPS) is 11.1. The number of nitrogens with zero attached hydrogens (tertiary/aromatic N) is 3. The molecule has 0 bridgehead atoms. The molecule has 3 aromatic carbocycles. The summed E-state index contributed by atoms with van der Waals surface area (Å²) in [6.07, 6.45) is 3.90. The Kier molecular flexibility index (Phi) is 6.12. The molecule has 1 amide bonds. The molecule has 0 fully saturated rings. The van der Waals surface area contributed by atoms with Crippen LogP contribution in [0.25, 0.3) is 28.6 Å². The van der Waals surface area contributed by atoms with E-state index in [1.807, 2.05) is 42.5 Å². The molecular formula is C26H19N5O4. The summed E-state index contributed by atoms with van der Waals surface area (Å²) in [6, 6.07) is 23.0. The Hall–Kier alpha value is -5.05. The number of carbonyl (C=O) groups excluding carboxylic acids is 1. The number of nitrogens with one attached hydrogen (secondary N) is 2. The summed E-state index contributed by atoms with van der Waals surface area (Å²) in [7, 11) is 0. The van der Waals surface area contributed by atoms with E-state index in [0.29, 0.717) is 29.0 Å². The fourth-order valence-corrected chi connectivity index (χ4v) is 3.45. The Morgan fingerprint density at radius 1 is 1.03 bits per heavy atom. The Labute approximate surface area is 199 Å². The van der Waals surface area contributed by atoms with Gasteiger partial charge in [-0.25, -0.2) is 5.10 Å². The SMILES string of the molecule is O=C(Nc1cccc2c(=O)cc(-c3nnn[nH]3)oc12)c1ccc(OC/C=C/c2ccccc2)cc1. The minimum atomic E-state index is -0.359. The lowest BCUT2D eigenvalue weighted by molar-refractivity contribution is 0.102. The van der Waals surface area contributed by atoms with Crippen molar-refractivity contribution >= 4 is 28.6 Å². The number of H-pyrrole nitrogens is 1. The van der Waals surface area contributed by atoms with Crippen LogP contribution >= 0.6 is 0 Å². The topological polar surface area (TPSA) is 123 Å². The molecule has 2 heterocycles. The zero-order chi connectivity index (χ0) is 24.0. The maximum absolute atomic E-state index is 12.9. The number of amides is 1. The van der Waals surface area contributed by atoms with E-state index in [-0.39, 0.29) is 28.5 Å². The zero-order valence-corrected chi connectivity index (χ0v) is 18.3. The van der Waals surface area contributed by atoms with E-state index in [1.165, 1.54) is 6.07 Å². The molecule has 0 radical (unpaired) electrons. The lowest BCUT2D eigenvalue weighted by Gasteiger charge is -2.09. The summed E-state index contributed by atoms with van der Waals surface area (Å²) in [4.78, 5) is 25.4. The van der Waals surface area contributed by atoms with Crippen LogP contribution in [-0.4, -0.2) is 33.1 Å². The highest BCUT2D eigenvalue weighted by molar-refractivity contribution is 6.08. The van der Waals surface area contributed by atoms with Crippen LogP contribution in [0.2, 0.25) is 0 Å². The number of aromatic amines is 1. The maximum atomic E-state index is 12.9. The predicted octanol–water partition coefficient (Wildman–Crippen LogP) is 4.32. The largest absolute Gasteiger partial charge is 0.490 e. The monoisotopic (exact) mass is 465 g/mol. The van der Waals surface area contributed by atoms with E-state index in [2.05, 4.69) is 25.9 Å². The number of benzene rings is 3. The lowest BCUT2D eigenvalue weighted by Crippen LogP contribution is -2.13. The van der Waals surface area contributed by atoms with Crippen molar-refractivity contribution in [2.75, 3.05) is 11.9 Å². The van der Waals surface area contributed by atoms with E-state index < -0.39 is 0 Å². The molecule has 2 aromatic heterocycles. The standard InChI is InChI=1S/C26H19N5O4/c32-22-16-23(25-28-30-31-29-25)35-24-20(22)9-4-10-21(24)27-26(33)18-11-13-19(14-12-18)34-15-5-8-17-6-2-1-3-7-17/h1-14,16H,15H2,(H,27,33)(H,28,29,30,31)/b8-5+. The van der Waals surface area contributed by atoms with Gasteiger partial charge in [-0.2, -0.15) is 0 Å². The van der Waals surface area contributed by atoms with Crippen LogP contribution in [0.3, 0.4) is 0 Å². The number of fused-ring (bicyclic) bond motifs is 1. The Morgan fingerprint density at radius 3 is 2.63 bits per heavy atom. The average molecular weight is 465 g/mol. The summed E-state index contributed by atoms with van der Waals surface area (Å²) in [5.74, 6) is 0.652. The highest BCUT2D eigenvalue weighted by atomic mass is 16.5. The first-order chi connectivity index (χ1) is 17.2. The third-order valence-electron chi connectivity index (χ3n) is 5.15. The summed E-state index contributed by atoms with van der Waals surface area (Å²) < 4.78 is 11.6. The van der Waals surface area contributed by atoms with Crippen LogP contribution in [0.1, 0.15) is 15.9 Å². The molecule has 0 saturated carbocycles. The molecule has 2 N–H and O–H groups in total. The van der Waals surface area contributed by atoms with Gasteiger partial charge in [-0.05, 0) is 58.5 Å². The number of aromatic nitrogens is 4. The van der Waals surface area contributed by atoms with Gasteiger partial charge in [-0.1, -0.05) is 42.5 Å². The molecule has 9 nitrogen and oxygen atoms in total. The smallest absolute Gasteiger partial charge is 0.255 e. The fourth-order valence-electron chi connectivity index (χ4n) is 3.45. The van der Waals surface area contributed by atoms with Crippen molar-refractivity contribution in [2.24, 2.45) is 0 Å². The number of tetrazole rings is 1. The summed E-state index contributed by atoms with van der Waals surface area (Å²) in [5.41, 5.74) is 1.82. The van der Waals surface area contributed by atoms with Crippen LogP contribution in [0, 0.1) is 0 Å². The number of anilines is 1. The third kappa shape index (κ3) is 4.98. The van der Waals surface area contributed by atoms with Gasteiger partial charge in [0.15, 0.2) is 16.8 Å². The third-order valence-corrected chi connectivity index (χ3v) is 5.15. The predicted molar refractivity (Wildman–Crippen MR) is 131 cm³/mol. The van der Waals surface area contributed by atoms with Gasteiger partial charge < -0.3 is 14.5 Å². The van der Waals surface area contributed by atoms with E-state index >= 15 is 0 Å². The summed E-state index contributed by atoms with van der Waals surface area (Å²) in [5, 5.41) is 16.4. The Balaban J connectivity index is 1.29. The molecule has 0 aliphatic rings. The number of carbonyl (C=O) groups is 1. The van der Waals surface area contributed by atoms with Crippen molar-refractivity contribution < 1.29 is 13.9 Å². The maximum Gasteiger partial charge on any atom is 0.255 e. The van der Waals surface area contributed by atoms with Gasteiger partial charge in [0.1, 0.15) is 12.4 Å². The molecule has 172 valence electrons. The number of hydrogen-bond donors (Lipinski definition) is 2. The first-order valence-electron chi connectivity index (χ1n) is 10.7. The molecule has 9 heteroatoms. The molecular weight excluding hydrogens is 446 g/mol. The van der Waals surface area contributed by atoms with E-state index in [4.69, 9.17) is 9.15 Å².